The normalized spacial score (nSPS) is 10.5. The maximum Gasteiger partial charge on any atom is 0.174 e. The molecule has 0 aliphatic carbocycles. The lowest BCUT2D eigenvalue weighted by atomic mass is 10.1. The number of benzene rings is 2. The highest BCUT2D eigenvalue weighted by atomic mass is 32.1. The van der Waals surface area contributed by atoms with Gasteiger partial charge in [0.25, 0.3) is 0 Å². The van der Waals surface area contributed by atoms with E-state index in [0.717, 1.165) is 23.9 Å². The van der Waals surface area contributed by atoms with Crippen LogP contribution >= 0.6 is 12.2 Å². The lowest BCUT2D eigenvalue weighted by Gasteiger charge is -2.27. The molecule has 0 bridgehead atoms. The first-order valence-electron chi connectivity index (χ1n) is 9.09. The van der Waals surface area contributed by atoms with Crippen molar-refractivity contribution in [1.82, 2.24) is 9.88 Å². The number of hydrogen-bond acceptors (Lipinski definition) is 2. The number of rotatable bonds is 5. The molecule has 0 amide bonds. The monoisotopic (exact) mass is 375 g/mol. The Hall–Kier alpha value is -2.72. The van der Waals surface area contributed by atoms with Crippen LogP contribution in [0.4, 0.5) is 5.69 Å². The molecule has 2 aromatic carbocycles. The van der Waals surface area contributed by atoms with Crippen LogP contribution in [0.2, 0.25) is 0 Å². The van der Waals surface area contributed by atoms with Crippen LogP contribution in [0.3, 0.4) is 0 Å². The molecule has 0 aliphatic rings. The van der Waals surface area contributed by atoms with Crippen LogP contribution in [0.5, 0.6) is 0 Å². The van der Waals surface area contributed by atoms with Crippen LogP contribution in [0, 0.1) is 20.8 Å². The molecule has 0 saturated carbocycles. The van der Waals surface area contributed by atoms with Gasteiger partial charge >= 0.3 is 0 Å². The van der Waals surface area contributed by atoms with Crippen LogP contribution < -0.4 is 5.32 Å². The smallest absolute Gasteiger partial charge is 0.174 e. The molecule has 3 nitrogen and oxygen atoms in total. The Morgan fingerprint density at radius 3 is 2.00 bits per heavy atom. The fourth-order valence-electron chi connectivity index (χ4n) is 3.02. The highest BCUT2D eigenvalue weighted by Gasteiger charge is 2.13. The summed E-state index contributed by atoms with van der Waals surface area (Å²) < 4.78 is 0. The van der Waals surface area contributed by atoms with Gasteiger partial charge in [0.15, 0.2) is 5.11 Å². The Labute approximate surface area is 167 Å². The summed E-state index contributed by atoms with van der Waals surface area (Å²) in [5.74, 6) is 0. The number of aryl methyl sites for hydroxylation is 3. The fraction of sp³-hybridized carbons (Fsp3) is 0.217. The maximum atomic E-state index is 5.80. The van der Waals surface area contributed by atoms with Crippen LogP contribution in [0.1, 0.15) is 27.8 Å². The van der Waals surface area contributed by atoms with Gasteiger partial charge in [-0.1, -0.05) is 48.0 Å². The quantitative estimate of drug-likeness (QED) is 0.604. The minimum absolute atomic E-state index is 0.727. The first kappa shape index (κ1) is 19.1. The highest BCUT2D eigenvalue weighted by Crippen LogP contribution is 2.21. The Balaban J connectivity index is 1.83. The second-order valence-electron chi connectivity index (χ2n) is 6.89. The van der Waals surface area contributed by atoms with E-state index in [9.17, 15) is 0 Å². The molecule has 0 fully saturated rings. The number of hydrogen-bond donors (Lipinski definition) is 1. The summed E-state index contributed by atoms with van der Waals surface area (Å²) in [4.78, 5) is 6.31. The zero-order chi connectivity index (χ0) is 19.2. The molecule has 1 N–H and O–H groups in total. The van der Waals surface area contributed by atoms with E-state index in [1.165, 1.54) is 27.8 Å². The van der Waals surface area contributed by atoms with Gasteiger partial charge in [-0.05, 0) is 67.4 Å². The minimum atomic E-state index is 0.727. The number of pyridine rings is 1. The summed E-state index contributed by atoms with van der Waals surface area (Å²) in [6.45, 7) is 7.79. The molecule has 0 spiro atoms. The zero-order valence-corrected chi connectivity index (χ0v) is 16.9. The van der Waals surface area contributed by atoms with E-state index in [4.69, 9.17) is 12.2 Å². The van der Waals surface area contributed by atoms with E-state index in [0.29, 0.717) is 0 Å². The average molecular weight is 376 g/mol. The molecule has 1 aromatic heterocycles. The predicted octanol–water partition coefficient (Wildman–Crippen LogP) is 5.41. The van der Waals surface area contributed by atoms with Gasteiger partial charge in [0, 0.05) is 31.2 Å². The van der Waals surface area contributed by atoms with Crippen molar-refractivity contribution in [3.05, 3.63) is 94.8 Å². The first-order chi connectivity index (χ1) is 13.0. The number of nitrogens with one attached hydrogen (secondary N) is 1. The Bertz CT molecular complexity index is 884. The Morgan fingerprint density at radius 2 is 1.41 bits per heavy atom. The first-order valence-corrected chi connectivity index (χ1v) is 9.50. The SMILES string of the molecule is Cc1ccc(CN(Cc2ccncc2)C(=S)Nc2c(C)cccc2C)cc1. The van der Waals surface area contributed by atoms with E-state index < -0.39 is 0 Å². The summed E-state index contributed by atoms with van der Waals surface area (Å²) in [6, 6.07) is 18.9. The highest BCUT2D eigenvalue weighted by molar-refractivity contribution is 7.80. The van der Waals surface area contributed by atoms with Crippen molar-refractivity contribution < 1.29 is 0 Å². The van der Waals surface area contributed by atoms with Crippen molar-refractivity contribution in [1.29, 1.82) is 0 Å². The van der Waals surface area contributed by atoms with Crippen LogP contribution in [0.25, 0.3) is 0 Å². The molecule has 4 heteroatoms. The molecule has 3 rings (SSSR count). The van der Waals surface area contributed by atoms with Crippen molar-refractivity contribution in [3.63, 3.8) is 0 Å². The zero-order valence-electron chi connectivity index (χ0n) is 16.1. The van der Waals surface area contributed by atoms with Gasteiger partial charge < -0.3 is 10.2 Å². The van der Waals surface area contributed by atoms with Gasteiger partial charge in [-0.25, -0.2) is 0 Å². The van der Waals surface area contributed by atoms with Gasteiger partial charge in [-0.15, -0.1) is 0 Å². The van der Waals surface area contributed by atoms with Gasteiger partial charge in [0.1, 0.15) is 0 Å². The van der Waals surface area contributed by atoms with E-state index in [-0.39, 0.29) is 0 Å². The molecule has 0 unspecified atom stereocenters. The van der Waals surface area contributed by atoms with Gasteiger partial charge in [0.05, 0.1) is 0 Å². The molecule has 0 radical (unpaired) electrons. The molecule has 27 heavy (non-hydrogen) atoms. The summed E-state index contributed by atoms with van der Waals surface area (Å²) in [6.07, 6.45) is 3.64. The number of anilines is 1. The summed E-state index contributed by atoms with van der Waals surface area (Å²) >= 11 is 5.80. The number of para-hydroxylation sites is 1. The lowest BCUT2D eigenvalue weighted by Crippen LogP contribution is -2.34. The van der Waals surface area contributed by atoms with Crippen molar-refractivity contribution in [2.24, 2.45) is 0 Å². The maximum absolute atomic E-state index is 5.80. The van der Waals surface area contributed by atoms with Gasteiger partial charge in [-0.2, -0.15) is 0 Å². The third-order valence-corrected chi connectivity index (χ3v) is 4.98. The van der Waals surface area contributed by atoms with Crippen molar-refractivity contribution in [2.45, 2.75) is 33.9 Å². The van der Waals surface area contributed by atoms with E-state index in [2.05, 4.69) is 78.4 Å². The molecule has 3 aromatic rings. The molecular weight excluding hydrogens is 350 g/mol. The predicted molar refractivity (Wildman–Crippen MR) is 117 cm³/mol. The van der Waals surface area contributed by atoms with Gasteiger partial charge in [0.2, 0.25) is 0 Å². The Morgan fingerprint density at radius 1 is 0.852 bits per heavy atom. The topological polar surface area (TPSA) is 28.2 Å². The van der Waals surface area contributed by atoms with Crippen molar-refractivity contribution in [3.8, 4) is 0 Å². The molecule has 0 atom stereocenters. The summed E-state index contributed by atoms with van der Waals surface area (Å²) in [7, 11) is 0. The van der Waals surface area contributed by atoms with Crippen LogP contribution in [-0.4, -0.2) is 15.0 Å². The second-order valence-corrected chi connectivity index (χ2v) is 7.28. The van der Waals surface area contributed by atoms with E-state index >= 15 is 0 Å². The van der Waals surface area contributed by atoms with Crippen LogP contribution in [0.15, 0.2) is 67.0 Å². The third kappa shape index (κ3) is 5.14. The fourth-order valence-corrected chi connectivity index (χ4v) is 3.25. The largest absolute Gasteiger partial charge is 0.340 e. The van der Waals surface area contributed by atoms with Crippen molar-refractivity contribution in [2.75, 3.05) is 5.32 Å². The molecule has 138 valence electrons. The van der Waals surface area contributed by atoms with E-state index in [1.807, 2.05) is 24.5 Å². The average Bonchev–Trinajstić information content (AvgIpc) is 2.67. The molecule has 0 saturated heterocycles. The number of thiocarbonyl (C=S) groups is 1. The van der Waals surface area contributed by atoms with Crippen LogP contribution in [-0.2, 0) is 13.1 Å². The third-order valence-electron chi connectivity index (χ3n) is 4.62. The lowest BCUT2D eigenvalue weighted by molar-refractivity contribution is 0.412. The molecule has 0 aliphatic heterocycles. The van der Waals surface area contributed by atoms with Gasteiger partial charge in [-0.3, -0.25) is 4.98 Å². The Kier molecular flexibility index (Phi) is 6.20. The molecule has 1 heterocycles. The number of nitrogens with zero attached hydrogens (tertiary/aromatic N) is 2. The van der Waals surface area contributed by atoms with Crippen molar-refractivity contribution >= 4 is 23.0 Å². The molecular formula is C23H25N3S. The second kappa shape index (κ2) is 8.78. The van der Waals surface area contributed by atoms with E-state index in [1.54, 1.807) is 0 Å². The number of aromatic nitrogens is 1. The summed E-state index contributed by atoms with van der Waals surface area (Å²) in [5.41, 5.74) is 7.15. The minimum Gasteiger partial charge on any atom is -0.340 e. The summed E-state index contributed by atoms with van der Waals surface area (Å²) in [5, 5.41) is 4.20. The standard InChI is InChI=1S/C23H25N3S/c1-17-7-9-20(10-8-17)15-26(16-21-11-13-24-14-12-21)23(27)25-22-18(2)5-4-6-19(22)3/h4-14H,15-16H2,1-3H3,(H,25,27).